The Labute approximate surface area is 144 Å². The number of imidazole rings is 2. The van der Waals surface area contributed by atoms with Crippen molar-refractivity contribution in [1.29, 1.82) is 0 Å². The van der Waals surface area contributed by atoms with E-state index in [4.69, 9.17) is 4.74 Å². The van der Waals surface area contributed by atoms with Gasteiger partial charge in [0.15, 0.2) is 5.65 Å². The molecule has 0 aromatic carbocycles. The number of hydrogen-bond acceptors (Lipinski definition) is 5. The highest BCUT2D eigenvalue weighted by molar-refractivity contribution is 5.96. The summed E-state index contributed by atoms with van der Waals surface area (Å²) in [5.41, 5.74) is 1.95. The van der Waals surface area contributed by atoms with E-state index in [0.29, 0.717) is 17.7 Å². The molecule has 0 saturated carbocycles. The van der Waals surface area contributed by atoms with Gasteiger partial charge in [-0.05, 0) is 19.4 Å². The lowest BCUT2D eigenvalue weighted by molar-refractivity contribution is 0.0775. The van der Waals surface area contributed by atoms with Gasteiger partial charge in [0.05, 0.1) is 17.9 Å². The summed E-state index contributed by atoms with van der Waals surface area (Å²) in [4.78, 5) is 25.6. The Morgan fingerprint density at radius 3 is 3.12 bits per heavy atom. The highest BCUT2D eigenvalue weighted by Gasteiger charge is 2.34. The fraction of sp³-hybridized carbons (Fsp3) is 0.412. The van der Waals surface area contributed by atoms with E-state index < -0.39 is 0 Å². The minimum atomic E-state index is -0.231. The molecular formula is C17H20N6O2. The molecule has 1 amide bonds. The molecule has 1 aliphatic heterocycles. The van der Waals surface area contributed by atoms with Gasteiger partial charge in [0.25, 0.3) is 5.91 Å². The zero-order valence-corrected chi connectivity index (χ0v) is 14.2. The van der Waals surface area contributed by atoms with Gasteiger partial charge in [-0.3, -0.25) is 4.79 Å². The summed E-state index contributed by atoms with van der Waals surface area (Å²) in [6, 6.07) is 1.65. The number of aryl methyl sites for hydroxylation is 2. The molecule has 2 atom stereocenters. The number of carbonyl (C=O) groups excluding carboxylic acids is 1. The molecule has 1 saturated heterocycles. The molecule has 0 unspecified atom stereocenters. The van der Waals surface area contributed by atoms with Crippen molar-refractivity contribution in [1.82, 2.24) is 29.4 Å². The third-order valence-corrected chi connectivity index (χ3v) is 4.56. The van der Waals surface area contributed by atoms with E-state index >= 15 is 0 Å². The Morgan fingerprint density at radius 2 is 2.28 bits per heavy atom. The van der Waals surface area contributed by atoms with Crippen molar-refractivity contribution in [2.45, 2.75) is 32.0 Å². The van der Waals surface area contributed by atoms with E-state index in [1.807, 2.05) is 22.4 Å². The number of fused-ring (bicyclic) bond motifs is 1. The summed E-state index contributed by atoms with van der Waals surface area (Å²) >= 11 is 0. The van der Waals surface area contributed by atoms with Crippen molar-refractivity contribution in [2.75, 3.05) is 6.61 Å². The van der Waals surface area contributed by atoms with Crippen molar-refractivity contribution in [3.8, 4) is 0 Å². The maximum absolute atomic E-state index is 12.7. The van der Waals surface area contributed by atoms with E-state index in [0.717, 1.165) is 24.4 Å². The Hall–Kier alpha value is -2.74. The number of ether oxygens (including phenoxy) is 1. The van der Waals surface area contributed by atoms with Gasteiger partial charge in [-0.25, -0.2) is 15.0 Å². The lowest BCUT2D eigenvalue weighted by Crippen LogP contribution is -2.37. The minimum Gasteiger partial charge on any atom is -0.368 e. The van der Waals surface area contributed by atoms with Crippen molar-refractivity contribution in [2.24, 2.45) is 7.05 Å². The zero-order chi connectivity index (χ0) is 17.4. The van der Waals surface area contributed by atoms with Gasteiger partial charge in [0, 0.05) is 38.8 Å². The molecule has 1 N–H and O–H groups in total. The van der Waals surface area contributed by atoms with E-state index in [1.165, 1.54) is 0 Å². The van der Waals surface area contributed by atoms with Crippen LogP contribution in [-0.2, 0) is 18.3 Å². The summed E-state index contributed by atoms with van der Waals surface area (Å²) < 4.78 is 9.69. The van der Waals surface area contributed by atoms with Gasteiger partial charge >= 0.3 is 0 Å². The fourth-order valence-electron chi connectivity index (χ4n) is 3.23. The molecule has 130 valence electrons. The highest BCUT2D eigenvalue weighted by atomic mass is 16.5. The third kappa shape index (κ3) is 2.78. The maximum atomic E-state index is 12.7. The average Bonchev–Trinajstić information content (AvgIpc) is 3.34. The summed E-state index contributed by atoms with van der Waals surface area (Å²) in [6.07, 6.45) is 7.48. The van der Waals surface area contributed by atoms with E-state index in [2.05, 4.69) is 27.2 Å². The lowest BCUT2D eigenvalue weighted by atomic mass is 10.1. The zero-order valence-electron chi connectivity index (χ0n) is 14.2. The summed E-state index contributed by atoms with van der Waals surface area (Å²) in [5.74, 6) is 0.679. The molecule has 0 bridgehead atoms. The van der Waals surface area contributed by atoms with Crippen LogP contribution in [0, 0.1) is 0 Å². The van der Waals surface area contributed by atoms with Crippen LogP contribution < -0.4 is 5.32 Å². The molecule has 3 aromatic heterocycles. The summed E-state index contributed by atoms with van der Waals surface area (Å²) in [5, 5.41) is 3.06. The van der Waals surface area contributed by atoms with Crippen molar-refractivity contribution in [3.05, 3.63) is 42.4 Å². The number of hydrogen-bond donors (Lipinski definition) is 1. The second-order valence-corrected chi connectivity index (χ2v) is 6.15. The molecule has 0 radical (unpaired) electrons. The van der Waals surface area contributed by atoms with Crippen molar-refractivity contribution in [3.63, 3.8) is 0 Å². The Kier molecular flexibility index (Phi) is 3.96. The van der Waals surface area contributed by atoms with E-state index in [9.17, 15) is 4.79 Å². The van der Waals surface area contributed by atoms with Gasteiger partial charge in [-0.15, -0.1) is 0 Å². The van der Waals surface area contributed by atoms with Gasteiger partial charge < -0.3 is 19.2 Å². The Balaban J connectivity index is 1.54. The topological polar surface area (TPSA) is 86.9 Å². The monoisotopic (exact) mass is 340 g/mol. The third-order valence-electron chi connectivity index (χ3n) is 4.56. The molecule has 8 nitrogen and oxygen atoms in total. The predicted octanol–water partition coefficient (Wildman–Crippen LogP) is 1.44. The van der Waals surface area contributed by atoms with Crippen LogP contribution in [0.2, 0.25) is 0 Å². The number of carbonyl (C=O) groups is 1. The first-order valence-corrected chi connectivity index (χ1v) is 8.38. The Morgan fingerprint density at radius 1 is 1.40 bits per heavy atom. The maximum Gasteiger partial charge on any atom is 0.253 e. The molecule has 25 heavy (non-hydrogen) atoms. The van der Waals surface area contributed by atoms with E-state index in [1.54, 1.807) is 24.8 Å². The number of aromatic nitrogens is 5. The average molecular weight is 340 g/mol. The Bertz CT molecular complexity index is 915. The highest BCUT2D eigenvalue weighted by Crippen LogP contribution is 2.28. The van der Waals surface area contributed by atoms with Crippen molar-refractivity contribution < 1.29 is 9.53 Å². The molecule has 8 heteroatoms. The summed E-state index contributed by atoms with van der Waals surface area (Å²) in [7, 11) is 1.87. The van der Waals surface area contributed by atoms with Crippen molar-refractivity contribution >= 4 is 17.1 Å². The number of pyridine rings is 1. The van der Waals surface area contributed by atoms with Crippen LogP contribution in [0.1, 0.15) is 35.6 Å². The van der Waals surface area contributed by atoms with Gasteiger partial charge in [0.1, 0.15) is 17.4 Å². The van der Waals surface area contributed by atoms with E-state index in [-0.39, 0.29) is 18.1 Å². The van der Waals surface area contributed by atoms with Gasteiger partial charge in [-0.1, -0.05) is 0 Å². The van der Waals surface area contributed by atoms with Crippen LogP contribution in [0.3, 0.4) is 0 Å². The predicted molar refractivity (Wildman–Crippen MR) is 91.0 cm³/mol. The normalized spacial score (nSPS) is 20.2. The molecule has 1 aliphatic rings. The number of amides is 1. The van der Waals surface area contributed by atoms with Crippen LogP contribution in [0.15, 0.2) is 31.0 Å². The van der Waals surface area contributed by atoms with Crippen LogP contribution in [0.4, 0.5) is 0 Å². The van der Waals surface area contributed by atoms with Crippen LogP contribution in [0.5, 0.6) is 0 Å². The smallest absolute Gasteiger partial charge is 0.253 e. The molecule has 3 aromatic rings. The first kappa shape index (κ1) is 15.8. The molecule has 1 fully saturated rings. The first-order valence-electron chi connectivity index (χ1n) is 8.38. The number of rotatable bonds is 4. The molecule has 0 aliphatic carbocycles. The lowest BCUT2D eigenvalue weighted by Gasteiger charge is -2.20. The second kappa shape index (κ2) is 6.29. The fourth-order valence-corrected chi connectivity index (χ4v) is 3.23. The number of nitrogens with zero attached hydrogens (tertiary/aromatic N) is 5. The standard InChI is InChI=1S/C17H20N6O2/c1-3-23-6-5-18-16(23)14-12(4-7-25-14)21-17(24)11-8-13-15(19-9-11)22(2)10-20-13/h5-6,8-10,12,14H,3-4,7H2,1-2H3,(H,21,24)/t12-,14-/m0/s1. The van der Waals surface area contributed by atoms with Crippen LogP contribution in [-0.4, -0.2) is 42.6 Å². The SMILES string of the molecule is CCn1ccnc1[C@H]1OCC[C@@H]1NC(=O)c1cnc2c(c1)ncn2C. The van der Waals surface area contributed by atoms with Gasteiger partial charge in [0.2, 0.25) is 0 Å². The van der Waals surface area contributed by atoms with Crippen LogP contribution in [0.25, 0.3) is 11.2 Å². The summed E-state index contributed by atoms with van der Waals surface area (Å²) in [6.45, 7) is 3.47. The number of nitrogens with one attached hydrogen (secondary N) is 1. The molecule has 4 rings (SSSR count). The minimum absolute atomic E-state index is 0.111. The molecule has 4 heterocycles. The van der Waals surface area contributed by atoms with Gasteiger partial charge in [-0.2, -0.15) is 0 Å². The quantitative estimate of drug-likeness (QED) is 0.777. The molecule has 0 spiro atoms. The van der Waals surface area contributed by atoms with Crippen LogP contribution >= 0.6 is 0 Å². The first-order chi connectivity index (χ1) is 12.2. The largest absolute Gasteiger partial charge is 0.368 e. The molecular weight excluding hydrogens is 320 g/mol. The second-order valence-electron chi connectivity index (χ2n) is 6.15.